The van der Waals surface area contributed by atoms with E-state index in [1.165, 1.54) is 16.7 Å². The summed E-state index contributed by atoms with van der Waals surface area (Å²) < 4.78 is 19.7. The molecule has 0 radical (unpaired) electrons. The van der Waals surface area contributed by atoms with Crippen LogP contribution in [0.5, 0.6) is 5.75 Å². The number of carbonyl (C=O) groups is 1. The molecule has 1 aromatic carbocycles. The zero-order valence-electron chi connectivity index (χ0n) is 11.8. The molecule has 2 atom stereocenters. The Labute approximate surface area is 123 Å². The highest BCUT2D eigenvalue weighted by atomic mass is 19.1. The molecule has 0 bridgehead atoms. The van der Waals surface area contributed by atoms with Crippen LogP contribution in [0.3, 0.4) is 0 Å². The molecule has 110 valence electrons. The molecule has 2 unspecified atom stereocenters. The van der Waals surface area contributed by atoms with Crippen LogP contribution in [0, 0.1) is 12.3 Å². The smallest absolute Gasteiger partial charge is 0.255 e. The van der Waals surface area contributed by atoms with Crippen LogP contribution in [-0.4, -0.2) is 25.2 Å². The molecule has 4 heteroatoms. The summed E-state index contributed by atoms with van der Waals surface area (Å²) >= 11 is 0. The predicted octanol–water partition coefficient (Wildman–Crippen LogP) is 2.13. The molecule has 2 aliphatic rings. The average molecular weight is 287 g/mol. The van der Waals surface area contributed by atoms with Gasteiger partial charge in [0.05, 0.1) is 13.2 Å². The summed E-state index contributed by atoms with van der Waals surface area (Å²) in [6.45, 7) is 0.768. The zero-order valence-corrected chi connectivity index (χ0v) is 11.8. The Balaban J connectivity index is 1.74. The molecule has 1 N–H and O–H groups in total. The van der Waals surface area contributed by atoms with Crippen LogP contribution in [0.15, 0.2) is 12.1 Å². The quantitative estimate of drug-likeness (QED) is 0.862. The van der Waals surface area contributed by atoms with Crippen LogP contribution in [0.25, 0.3) is 0 Å². The molecule has 1 heterocycles. The standard InChI is InChI=1S/C17H18FNO2/c1-2-8-19-17(20)14(18)10-12-4-3-11-5-6-15-13(16(11)12)7-9-21-15/h1,5-6,12,14H,3-4,7-10H2,(H,19,20). The number of ether oxygens (including phenoxy) is 1. The van der Waals surface area contributed by atoms with Gasteiger partial charge in [0.25, 0.3) is 5.91 Å². The molecule has 3 nitrogen and oxygen atoms in total. The number of benzene rings is 1. The van der Waals surface area contributed by atoms with Gasteiger partial charge in [0, 0.05) is 12.0 Å². The number of hydrogen-bond acceptors (Lipinski definition) is 2. The highest BCUT2D eigenvalue weighted by Gasteiger charge is 2.32. The minimum absolute atomic E-state index is 0.0732. The topological polar surface area (TPSA) is 38.3 Å². The van der Waals surface area contributed by atoms with Crippen molar-refractivity contribution in [2.75, 3.05) is 13.2 Å². The van der Waals surface area contributed by atoms with Crippen molar-refractivity contribution in [1.29, 1.82) is 0 Å². The fourth-order valence-electron chi connectivity index (χ4n) is 3.39. The van der Waals surface area contributed by atoms with E-state index in [2.05, 4.69) is 17.3 Å². The maximum absolute atomic E-state index is 14.1. The Bertz CT molecular complexity index is 606. The minimum atomic E-state index is -1.51. The van der Waals surface area contributed by atoms with E-state index >= 15 is 0 Å². The highest BCUT2D eigenvalue weighted by Crippen LogP contribution is 2.43. The number of fused-ring (bicyclic) bond motifs is 3. The van der Waals surface area contributed by atoms with E-state index in [9.17, 15) is 9.18 Å². The van der Waals surface area contributed by atoms with Crippen LogP contribution in [0.1, 0.15) is 35.4 Å². The molecule has 0 aromatic heterocycles. The lowest BCUT2D eigenvalue weighted by Crippen LogP contribution is -2.33. The summed E-state index contributed by atoms with van der Waals surface area (Å²) in [5.41, 5.74) is 3.71. The normalized spacial score (nSPS) is 20.1. The van der Waals surface area contributed by atoms with E-state index in [1.807, 2.05) is 6.07 Å². The molecule has 21 heavy (non-hydrogen) atoms. The molecule has 0 saturated carbocycles. The molecule has 0 saturated heterocycles. The Morgan fingerprint density at radius 3 is 3.19 bits per heavy atom. The Hall–Kier alpha value is -2.02. The molecule has 1 amide bonds. The second-order valence-electron chi connectivity index (χ2n) is 5.57. The third-order valence-electron chi connectivity index (χ3n) is 4.33. The highest BCUT2D eigenvalue weighted by molar-refractivity contribution is 5.81. The van der Waals surface area contributed by atoms with Crippen LogP contribution < -0.4 is 10.1 Å². The first-order chi connectivity index (χ1) is 10.2. The number of halogens is 1. The molecule has 1 aromatic rings. The summed E-state index contributed by atoms with van der Waals surface area (Å²) in [5, 5.41) is 2.41. The number of amides is 1. The molecular weight excluding hydrogens is 269 g/mol. The number of aryl methyl sites for hydroxylation is 1. The number of alkyl halides is 1. The first-order valence-corrected chi connectivity index (χ1v) is 7.33. The molecule has 1 aliphatic heterocycles. The van der Waals surface area contributed by atoms with Crippen molar-refractivity contribution in [1.82, 2.24) is 5.32 Å². The lowest BCUT2D eigenvalue weighted by molar-refractivity contribution is -0.126. The Morgan fingerprint density at radius 2 is 2.38 bits per heavy atom. The van der Waals surface area contributed by atoms with E-state index in [1.54, 1.807) is 0 Å². The molecule has 0 spiro atoms. The maximum atomic E-state index is 14.1. The van der Waals surface area contributed by atoms with Crippen LogP contribution in [0.4, 0.5) is 4.39 Å². The third-order valence-corrected chi connectivity index (χ3v) is 4.33. The third kappa shape index (κ3) is 2.61. The number of hydrogen-bond donors (Lipinski definition) is 1. The van der Waals surface area contributed by atoms with Gasteiger partial charge in [0.1, 0.15) is 5.75 Å². The number of nitrogens with one attached hydrogen (secondary N) is 1. The van der Waals surface area contributed by atoms with Crippen molar-refractivity contribution in [2.45, 2.75) is 37.8 Å². The lowest BCUT2D eigenvalue weighted by Gasteiger charge is -2.17. The summed E-state index contributed by atoms with van der Waals surface area (Å²) in [6.07, 6.45) is 6.51. The van der Waals surface area contributed by atoms with Gasteiger partial charge >= 0.3 is 0 Å². The SMILES string of the molecule is C#CCNC(=O)C(F)CC1CCc2ccc3c(c21)CCO3. The monoisotopic (exact) mass is 287 g/mol. The van der Waals surface area contributed by atoms with Crippen molar-refractivity contribution in [3.8, 4) is 18.1 Å². The van der Waals surface area contributed by atoms with E-state index in [0.29, 0.717) is 6.61 Å². The van der Waals surface area contributed by atoms with Gasteiger partial charge in [-0.25, -0.2) is 4.39 Å². The molecular formula is C17H18FNO2. The van der Waals surface area contributed by atoms with Crippen LogP contribution in [0.2, 0.25) is 0 Å². The predicted molar refractivity (Wildman–Crippen MR) is 78.1 cm³/mol. The van der Waals surface area contributed by atoms with Gasteiger partial charge in [-0.15, -0.1) is 6.42 Å². The fourth-order valence-corrected chi connectivity index (χ4v) is 3.39. The van der Waals surface area contributed by atoms with E-state index < -0.39 is 12.1 Å². The molecule has 3 rings (SSSR count). The van der Waals surface area contributed by atoms with Gasteiger partial charge in [0.15, 0.2) is 6.17 Å². The second-order valence-corrected chi connectivity index (χ2v) is 5.57. The Morgan fingerprint density at radius 1 is 1.52 bits per heavy atom. The first-order valence-electron chi connectivity index (χ1n) is 7.33. The van der Waals surface area contributed by atoms with Crippen molar-refractivity contribution in [3.63, 3.8) is 0 Å². The van der Waals surface area contributed by atoms with Crippen molar-refractivity contribution in [2.24, 2.45) is 0 Å². The number of rotatable bonds is 4. The van der Waals surface area contributed by atoms with E-state index in [4.69, 9.17) is 11.2 Å². The van der Waals surface area contributed by atoms with Crippen molar-refractivity contribution < 1.29 is 13.9 Å². The van der Waals surface area contributed by atoms with E-state index in [-0.39, 0.29) is 18.9 Å². The van der Waals surface area contributed by atoms with Crippen molar-refractivity contribution >= 4 is 5.91 Å². The Kier molecular flexibility index (Phi) is 3.83. The maximum Gasteiger partial charge on any atom is 0.255 e. The summed E-state index contributed by atoms with van der Waals surface area (Å²) in [4.78, 5) is 11.6. The number of carbonyl (C=O) groups excluding carboxylic acids is 1. The summed E-state index contributed by atoms with van der Waals surface area (Å²) in [6, 6.07) is 4.08. The van der Waals surface area contributed by atoms with Gasteiger partial charge in [0.2, 0.25) is 0 Å². The second kappa shape index (κ2) is 5.77. The van der Waals surface area contributed by atoms with Crippen LogP contribution in [-0.2, 0) is 17.6 Å². The first kappa shape index (κ1) is 13.9. The van der Waals surface area contributed by atoms with Gasteiger partial charge < -0.3 is 10.1 Å². The van der Waals surface area contributed by atoms with Gasteiger partial charge in [-0.3, -0.25) is 4.79 Å². The van der Waals surface area contributed by atoms with Crippen LogP contribution >= 0.6 is 0 Å². The average Bonchev–Trinajstić information content (AvgIpc) is 3.10. The number of terminal acetylenes is 1. The van der Waals surface area contributed by atoms with E-state index in [0.717, 1.165) is 25.0 Å². The molecule has 1 aliphatic carbocycles. The summed E-state index contributed by atoms with van der Waals surface area (Å²) in [7, 11) is 0. The lowest BCUT2D eigenvalue weighted by atomic mass is 9.90. The van der Waals surface area contributed by atoms with Gasteiger partial charge in [-0.2, -0.15) is 0 Å². The van der Waals surface area contributed by atoms with Gasteiger partial charge in [-0.05, 0) is 42.4 Å². The zero-order chi connectivity index (χ0) is 14.8. The minimum Gasteiger partial charge on any atom is -0.493 e. The fraction of sp³-hybridized carbons (Fsp3) is 0.471. The largest absolute Gasteiger partial charge is 0.493 e. The summed E-state index contributed by atoms with van der Waals surface area (Å²) in [5.74, 6) is 2.70. The molecule has 0 fully saturated rings. The van der Waals surface area contributed by atoms with Gasteiger partial charge in [-0.1, -0.05) is 12.0 Å². The van der Waals surface area contributed by atoms with Crippen molar-refractivity contribution in [3.05, 3.63) is 28.8 Å².